The monoisotopic (exact) mass is 268 g/mol. The minimum absolute atomic E-state index is 0.157. The number of Topliss-reactive ketones (excluding diaryl/α,β-unsaturated/α-hetero) is 1. The lowest BCUT2D eigenvalue weighted by atomic mass is 10.1. The second-order valence-electron chi connectivity index (χ2n) is 4.01. The highest BCUT2D eigenvalue weighted by Crippen LogP contribution is 2.09. The third-order valence-electron chi connectivity index (χ3n) is 2.44. The van der Waals surface area contributed by atoms with Gasteiger partial charge in [0.05, 0.1) is 6.61 Å². The molecular weight excluding hydrogens is 252 g/mol. The molecule has 0 aromatic heterocycles. The lowest BCUT2D eigenvalue weighted by Gasteiger charge is -2.05. The van der Waals surface area contributed by atoms with E-state index in [4.69, 9.17) is 16.3 Å². The molecule has 0 amide bonds. The Kier molecular flexibility index (Phi) is 7.11. The predicted molar refractivity (Wildman–Crippen MR) is 70.9 cm³/mol. The van der Waals surface area contributed by atoms with Crippen LogP contribution in [0.15, 0.2) is 30.3 Å². The van der Waals surface area contributed by atoms with E-state index in [9.17, 15) is 9.59 Å². The highest BCUT2D eigenvalue weighted by atomic mass is 35.5. The summed E-state index contributed by atoms with van der Waals surface area (Å²) >= 11 is 5.19. The average molecular weight is 269 g/mol. The van der Waals surface area contributed by atoms with Crippen LogP contribution < -0.4 is 4.74 Å². The Balaban J connectivity index is 2.04. The summed E-state index contributed by atoms with van der Waals surface area (Å²) in [5.41, 5.74) is 0. The SMILES string of the molecule is O=C(Cl)CCCC(=O)CCCOc1ccccc1. The first-order valence-corrected chi connectivity index (χ1v) is 6.44. The van der Waals surface area contributed by atoms with E-state index in [2.05, 4.69) is 0 Å². The smallest absolute Gasteiger partial charge is 0.221 e. The first kappa shape index (κ1) is 14.7. The van der Waals surface area contributed by atoms with Gasteiger partial charge in [-0.1, -0.05) is 18.2 Å². The van der Waals surface area contributed by atoms with E-state index in [-0.39, 0.29) is 17.4 Å². The summed E-state index contributed by atoms with van der Waals surface area (Å²) in [5, 5.41) is -0.379. The third-order valence-corrected chi connectivity index (χ3v) is 2.63. The minimum Gasteiger partial charge on any atom is -0.494 e. The Labute approximate surface area is 112 Å². The highest BCUT2D eigenvalue weighted by molar-refractivity contribution is 6.63. The fourth-order valence-electron chi connectivity index (χ4n) is 1.53. The van der Waals surface area contributed by atoms with E-state index >= 15 is 0 Å². The van der Waals surface area contributed by atoms with Crippen molar-refractivity contribution in [3.05, 3.63) is 30.3 Å². The maximum atomic E-state index is 11.4. The van der Waals surface area contributed by atoms with Gasteiger partial charge in [0.2, 0.25) is 5.24 Å². The van der Waals surface area contributed by atoms with Crippen LogP contribution in [0.5, 0.6) is 5.75 Å². The highest BCUT2D eigenvalue weighted by Gasteiger charge is 2.04. The molecule has 1 aromatic carbocycles. The van der Waals surface area contributed by atoms with Crippen LogP contribution in [-0.4, -0.2) is 17.6 Å². The molecule has 98 valence electrons. The lowest BCUT2D eigenvalue weighted by molar-refractivity contribution is -0.119. The van der Waals surface area contributed by atoms with Crippen molar-refractivity contribution in [1.29, 1.82) is 0 Å². The molecule has 0 saturated heterocycles. The quantitative estimate of drug-likeness (QED) is 0.510. The summed E-state index contributed by atoms with van der Waals surface area (Å²) < 4.78 is 5.47. The van der Waals surface area contributed by atoms with Crippen molar-refractivity contribution in [2.24, 2.45) is 0 Å². The van der Waals surface area contributed by atoms with Gasteiger partial charge in [-0.15, -0.1) is 0 Å². The fourth-order valence-corrected chi connectivity index (χ4v) is 1.66. The number of ether oxygens (including phenoxy) is 1. The normalized spacial score (nSPS) is 10.1. The Hall–Kier alpha value is -1.35. The van der Waals surface area contributed by atoms with E-state index < -0.39 is 0 Å². The number of rotatable bonds is 9. The van der Waals surface area contributed by atoms with Gasteiger partial charge in [0.25, 0.3) is 0 Å². The van der Waals surface area contributed by atoms with E-state index in [0.29, 0.717) is 32.3 Å². The molecule has 0 heterocycles. The van der Waals surface area contributed by atoms with Gasteiger partial charge in [-0.05, 0) is 36.6 Å². The Bertz CT molecular complexity index is 376. The van der Waals surface area contributed by atoms with Gasteiger partial charge in [-0.2, -0.15) is 0 Å². The van der Waals surface area contributed by atoms with Crippen molar-refractivity contribution < 1.29 is 14.3 Å². The predicted octanol–water partition coefficient (Wildman–Crippen LogP) is 3.35. The van der Waals surface area contributed by atoms with Crippen molar-refractivity contribution in [2.75, 3.05) is 6.61 Å². The molecule has 18 heavy (non-hydrogen) atoms. The van der Waals surface area contributed by atoms with Crippen LogP contribution >= 0.6 is 11.6 Å². The number of hydrogen-bond donors (Lipinski definition) is 0. The second kappa shape index (κ2) is 8.70. The zero-order chi connectivity index (χ0) is 13.2. The van der Waals surface area contributed by atoms with Gasteiger partial charge < -0.3 is 4.74 Å². The molecule has 0 fully saturated rings. The number of para-hydroxylation sites is 1. The van der Waals surface area contributed by atoms with Crippen LogP contribution in [0, 0.1) is 0 Å². The van der Waals surface area contributed by atoms with Gasteiger partial charge >= 0.3 is 0 Å². The first-order chi connectivity index (χ1) is 8.68. The molecule has 3 nitrogen and oxygen atoms in total. The van der Waals surface area contributed by atoms with Crippen molar-refractivity contribution in [3.63, 3.8) is 0 Å². The minimum atomic E-state index is -0.379. The zero-order valence-electron chi connectivity index (χ0n) is 10.2. The summed E-state index contributed by atoms with van der Waals surface area (Å²) in [4.78, 5) is 21.9. The Morgan fingerprint density at radius 2 is 1.67 bits per heavy atom. The number of benzene rings is 1. The molecule has 0 spiro atoms. The molecule has 0 radical (unpaired) electrons. The number of hydrogen-bond acceptors (Lipinski definition) is 3. The Morgan fingerprint density at radius 3 is 2.33 bits per heavy atom. The van der Waals surface area contributed by atoms with Gasteiger partial charge in [0.1, 0.15) is 11.5 Å². The molecule has 4 heteroatoms. The van der Waals surface area contributed by atoms with E-state index in [1.54, 1.807) is 0 Å². The zero-order valence-corrected chi connectivity index (χ0v) is 11.0. The van der Waals surface area contributed by atoms with Crippen molar-refractivity contribution >= 4 is 22.6 Å². The molecular formula is C14H17ClO3. The molecule has 0 aliphatic heterocycles. The maximum Gasteiger partial charge on any atom is 0.221 e. The number of halogens is 1. The maximum absolute atomic E-state index is 11.4. The summed E-state index contributed by atoms with van der Waals surface area (Å²) in [6, 6.07) is 9.50. The van der Waals surface area contributed by atoms with E-state index in [1.165, 1.54) is 0 Å². The number of carbonyl (C=O) groups is 2. The standard InChI is InChI=1S/C14H17ClO3/c15-14(17)10-4-6-12(16)7-5-11-18-13-8-2-1-3-9-13/h1-3,8-9H,4-7,10-11H2. The molecule has 0 unspecified atom stereocenters. The van der Waals surface area contributed by atoms with Crippen LogP contribution in [0.2, 0.25) is 0 Å². The largest absolute Gasteiger partial charge is 0.494 e. The molecule has 0 atom stereocenters. The average Bonchev–Trinajstić information content (AvgIpc) is 2.35. The molecule has 0 N–H and O–H groups in total. The van der Waals surface area contributed by atoms with E-state index in [0.717, 1.165) is 5.75 Å². The molecule has 0 saturated carbocycles. The fraction of sp³-hybridized carbons (Fsp3) is 0.429. The summed E-state index contributed by atoms with van der Waals surface area (Å²) in [6.07, 6.45) is 2.42. The molecule has 1 aromatic rings. The summed E-state index contributed by atoms with van der Waals surface area (Å²) in [7, 11) is 0. The topological polar surface area (TPSA) is 43.4 Å². The van der Waals surface area contributed by atoms with Crippen molar-refractivity contribution in [2.45, 2.75) is 32.1 Å². The van der Waals surface area contributed by atoms with E-state index in [1.807, 2.05) is 30.3 Å². The van der Waals surface area contributed by atoms with Gasteiger partial charge in [-0.3, -0.25) is 9.59 Å². The molecule has 1 rings (SSSR count). The van der Waals surface area contributed by atoms with Crippen LogP contribution in [0.3, 0.4) is 0 Å². The van der Waals surface area contributed by atoms with Gasteiger partial charge in [0.15, 0.2) is 0 Å². The van der Waals surface area contributed by atoms with Gasteiger partial charge in [0, 0.05) is 19.3 Å². The first-order valence-electron chi connectivity index (χ1n) is 6.06. The molecule has 0 aliphatic carbocycles. The van der Waals surface area contributed by atoms with Crippen molar-refractivity contribution in [3.8, 4) is 5.75 Å². The summed E-state index contributed by atoms with van der Waals surface area (Å²) in [5.74, 6) is 0.974. The third kappa shape index (κ3) is 7.07. The number of ketones is 1. The Morgan fingerprint density at radius 1 is 1.00 bits per heavy atom. The van der Waals surface area contributed by atoms with Crippen LogP contribution in [0.1, 0.15) is 32.1 Å². The van der Waals surface area contributed by atoms with Gasteiger partial charge in [-0.25, -0.2) is 0 Å². The second-order valence-corrected chi connectivity index (χ2v) is 4.43. The molecule has 0 bridgehead atoms. The lowest BCUT2D eigenvalue weighted by Crippen LogP contribution is -2.03. The van der Waals surface area contributed by atoms with Crippen LogP contribution in [-0.2, 0) is 9.59 Å². The number of carbonyl (C=O) groups excluding carboxylic acids is 2. The van der Waals surface area contributed by atoms with Crippen LogP contribution in [0.4, 0.5) is 0 Å². The van der Waals surface area contributed by atoms with Crippen molar-refractivity contribution in [1.82, 2.24) is 0 Å². The molecule has 0 aliphatic rings. The summed E-state index contributed by atoms with van der Waals surface area (Å²) in [6.45, 7) is 0.532. The van der Waals surface area contributed by atoms with Crippen LogP contribution in [0.25, 0.3) is 0 Å².